The zero-order valence-corrected chi connectivity index (χ0v) is 18.4. The normalized spacial score (nSPS) is 11.0. The van der Waals surface area contributed by atoms with E-state index in [1.165, 1.54) is 14.2 Å². The molecule has 160 valence electrons. The first-order chi connectivity index (χ1) is 15.4. The molecule has 0 heterocycles. The maximum Gasteiger partial charge on any atom is 0.338 e. The van der Waals surface area contributed by atoms with E-state index in [1.807, 2.05) is 32.0 Å². The predicted octanol–water partition coefficient (Wildman–Crippen LogP) is 5.08. The number of methoxy groups -OCH3 is 2. The summed E-state index contributed by atoms with van der Waals surface area (Å²) in [6.07, 6.45) is 2.49. The Kier molecular flexibility index (Phi) is 5.26. The van der Waals surface area contributed by atoms with Gasteiger partial charge >= 0.3 is 11.9 Å². The fraction of sp³-hybridized carbons (Fsp3) is 0.148. The number of hydrogen-bond acceptors (Lipinski definition) is 5. The highest BCUT2D eigenvalue weighted by Crippen LogP contribution is 2.39. The molecule has 0 unspecified atom stereocenters. The molecular formula is C27H22O5. The molecular weight excluding hydrogens is 404 g/mol. The van der Waals surface area contributed by atoms with Crippen molar-refractivity contribution in [1.29, 1.82) is 0 Å². The predicted molar refractivity (Wildman–Crippen MR) is 127 cm³/mol. The fourth-order valence-corrected chi connectivity index (χ4v) is 4.60. The number of carbonyl (C=O) groups excluding carboxylic acids is 3. The highest BCUT2D eigenvalue weighted by molar-refractivity contribution is 6.30. The lowest BCUT2D eigenvalue weighted by Crippen LogP contribution is -2.20. The molecule has 0 saturated carbocycles. The molecule has 0 N–H and O–H groups in total. The molecule has 0 saturated heterocycles. The van der Waals surface area contributed by atoms with E-state index in [9.17, 15) is 14.4 Å². The summed E-state index contributed by atoms with van der Waals surface area (Å²) in [4.78, 5) is 36.9. The van der Waals surface area contributed by atoms with Crippen LogP contribution < -0.4 is 5.22 Å². The number of benzene rings is 4. The van der Waals surface area contributed by atoms with Crippen molar-refractivity contribution in [2.45, 2.75) is 13.8 Å². The van der Waals surface area contributed by atoms with Crippen molar-refractivity contribution in [3.63, 3.8) is 0 Å². The highest BCUT2D eigenvalue weighted by atomic mass is 16.5. The van der Waals surface area contributed by atoms with Crippen molar-refractivity contribution in [3.05, 3.63) is 70.4 Å². The highest BCUT2D eigenvalue weighted by Gasteiger charge is 2.22. The Labute approximate surface area is 184 Å². The van der Waals surface area contributed by atoms with Crippen LogP contribution in [-0.4, -0.2) is 32.4 Å². The molecule has 32 heavy (non-hydrogen) atoms. The maximum atomic E-state index is 12.5. The van der Waals surface area contributed by atoms with Gasteiger partial charge in [0.2, 0.25) is 0 Å². The lowest BCUT2D eigenvalue weighted by molar-refractivity contribution is 0.0592. The minimum absolute atomic E-state index is 0.326. The molecule has 4 rings (SSSR count). The first kappa shape index (κ1) is 21.2. The zero-order chi connectivity index (χ0) is 23.2. The van der Waals surface area contributed by atoms with Gasteiger partial charge in [0, 0.05) is 10.9 Å². The Morgan fingerprint density at radius 2 is 1.34 bits per heavy atom. The third-order valence-corrected chi connectivity index (χ3v) is 5.89. The lowest BCUT2D eigenvalue weighted by atomic mass is 9.85. The van der Waals surface area contributed by atoms with Gasteiger partial charge in [-0.2, -0.15) is 0 Å². The van der Waals surface area contributed by atoms with Crippen LogP contribution >= 0.6 is 0 Å². The van der Waals surface area contributed by atoms with Crippen LogP contribution in [0.25, 0.3) is 44.0 Å². The van der Waals surface area contributed by atoms with E-state index in [4.69, 9.17) is 9.47 Å². The van der Waals surface area contributed by atoms with Crippen LogP contribution in [0, 0.1) is 0 Å². The number of carbonyl (C=O) groups is 3. The minimum atomic E-state index is -0.512. The van der Waals surface area contributed by atoms with Crippen molar-refractivity contribution in [3.8, 4) is 0 Å². The van der Waals surface area contributed by atoms with E-state index in [-0.39, 0.29) is 0 Å². The van der Waals surface area contributed by atoms with Gasteiger partial charge in [-0.25, -0.2) is 9.59 Å². The van der Waals surface area contributed by atoms with Gasteiger partial charge in [-0.05, 0) is 63.7 Å². The topological polar surface area (TPSA) is 69.7 Å². The summed E-state index contributed by atoms with van der Waals surface area (Å²) in [7, 11) is 2.68. The van der Waals surface area contributed by atoms with Crippen molar-refractivity contribution < 1.29 is 23.9 Å². The van der Waals surface area contributed by atoms with Crippen molar-refractivity contribution in [2.24, 2.45) is 0 Å². The van der Waals surface area contributed by atoms with Crippen molar-refractivity contribution in [1.82, 2.24) is 0 Å². The number of aldehydes is 1. The molecule has 0 fully saturated rings. The van der Waals surface area contributed by atoms with Crippen molar-refractivity contribution >= 4 is 62.2 Å². The molecule has 0 aliphatic carbocycles. The molecule has 0 spiro atoms. The third kappa shape index (κ3) is 2.89. The van der Waals surface area contributed by atoms with Crippen LogP contribution in [-0.2, 0) is 9.47 Å². The molecule has 0 aliphatic rings. The van der Waals surface area contributed by atoms with Gasteiger partial charge in [0.25, 0.3) is 0 Å². The second-order valence-corrected chi connectivity index (χ2v) is 7.74. The molecule has 0 atom stereocenters. The summed E-state index contributed by atoms with van der Waals surface area (Å²) >= 11 is 0. The summed E-state index contributed by atoms with van der Waals surface area (Å²) in [6, 6.07) is 10.7. The van der Waals surface area contributed by atoms with Gasteiger partial charge in [0.15, 0.2) is 6.29 Å². The number of esters is 2. The first-order valence-corrected chi connectivity index (χ1v) is 10.1. The van der Waals surface area contributed by atoms with Crippen LogP contribution in [0.3, 0.4) is 0 Å². The maximum absolute atomic E-state index is 12.5. The van der Waals surface area contributed by atoms with Gasteiger partial charge in [-0.15, -0.1) is 0 Å². The van der Waals surface area contributed by atoms with E-state index in [0.29, 0.717) is 22.1 Å². The summed E-state index contributed by atoms with van der Waals surface area (Å²) in [6.45, 7) is 7.93. The lowest BCUT2D eigenvalue weighted by Gasteiger charge is -2.18. The van der Waals surface area contributed by atoms with E-state index < -0.39 is 11.9 Å². The molecule has 5 nitrogen and oxygen atoms in total. The second kappa shape index (κ2) is 7.93. The van der Waals surface area contributed by atoms with Crippen LogP contribution in [0.1, 0.15) is 50.5 Å². The van der Waals surface area contributed by atoms with Crippen LogP contribution in [0.5, 0.6) is 0 Å². The van der Waals surface area contributed by atoms with Gasteiger partial charge in [-0.3, -0.25) is 4.79 Å². The van der Waals surface area contributed by atoms with E-state index in [2.05, 4.69) is 6.58 Å². The van der Waals surface area contributed by atoms with Gasteiger partial charge < -0.3 is 9.47 Å². The number of hydrogen-bond donors (Lipinski definition) is 0. The Morgan fingerprint density at radius 1 is 0.781 bits per heavy atom. The fourth-order valence-electron chi connectivity index (χ4n) is 4.60. The number of fused-ring (bicyclic) bond motifs is 2. The third-order valence-electron chi connectivity index (χ3n) is 5.89. The van der Waals surface area contributed by atoms with Crippen LogP contribution in [0.2, 0.25) is 0 Å². The average molecular weight is 426 g/mol. The zero-order valence-electron chi connectivity index (χ0n) is 18.4. The molecule has 4 aromatic rings. The Hall–Kier alpha value is -3.99. The Balaban J connectivity index is 2.40. The molecule has 0 aromatic heterocycles. The largest absolute Gasteiger partial charge is 0.465 e. The SMILES string of the molecule is C=Cc1c2ccc(C(=O)OC)c3c(C=O)ccc(c4ccc(C(=O)OC)c(=C(C)C)c14)c23. The number of ether oxygens (including phenoxy) is 2. The molecule has 0 amide bonds. The van der Waals surface area contributed by atoms with Crippen molar-refractivity contribution in [2.75, 3.05) is 14.2 Å². The van der Waals surface area contributed by atoms with E-state index >= 15 is 0 Å². The van der Waals surface area contributed by atoms with Crippen LogP contribution in [0.15, 0.2) is 43.0 Å². The molecule has 0 aliphatic heterocycles. The quantitative estimate of drug-likeness (QED) is 0.197. The molecule has 0 bridgehead atoms. The molecule has 5 heteroatoms. The summed E-state index contributed by atoms with van der Waals surface area (Å²) < 4.78 is 9.99. The van der Waals surface area contributed by atoms with Crippen LogP contribution in [0.4, 0.5) is 0 Å². The minimum Gasteiger partial charge on any atom is -0.465 e. The first-order valence-electron chi connectivity index (χ1n) is 10.1. The standard InChI is InChI=1S/C27H22O5/c1-6-16-17-9-12-21(27(30)32-5)23-15(13-28)7-8-18(25(17)23)19-10-11-20(26(29)31-4)22(14(2)3)24(16)19/h6-13H,1H2,2-5H3. The van der Waals surface area contributed by atoms with Gasteiger partial charge in [0.1, 0.15) is 0 Å². The van der Waals surface area contributed by atoms with Gasteiger partial charge in [-0.1, -0.05) is 42.5 Å². The molecule has 0 radical (unpaired) electrons. The number of rotatable bonds is 4. The second-order valence-electron chi connectivity index (χ2n) is 7.74. The monoisotopic (exact) mass is 426 g/mol. The van der Waals surface area contributed by atoms with E-state index in [1.54, 1.807) is 24.3 Å². The Bertz CT molecular complexity index is 1520. The van der Waals surface area contributed by atoms with E-state index in [0.717, 1.165) is 49.6 Å². The summed E-state index contributed by atoms with van der Waals surface area (Å²) in [5.74, 6) is -0.928. The Morgan fingerprint density at radius 3 is 1.94 bits per heavy atom. The molecule has 4 aromatic carbocycles. The van der Waals surface area contributed by atoms with Gasteiger partial charge in [0.05, 0.1) is 25.3 Å². The average Bonchev–Trinajstić information content (AvgIpc) is 2.82. The summed E-state index contributed by atoms with van der Waals surface area (Å²) in [5, 5.41) is 5.58. The smallest absolute Gasteiger partial charge is 0.338 e. The summed E-state index contributed by atoms with van der Waals surface area (Å²) in [5.41, 5.74) is 2.98.